The van der Waals surface area contributed by atoms with Gasteiger partial charge >= 0.3 is 6.61 Å². The summed E-state index contributed by atoms with van der Waals surface area (Å²) >= 11 is 5.61. The van der Waals surface area contributed by atoms with Gasteiger partial charge in [0.05, 0.1) is 10.8 Å². The van der Waals surface area contributed by atoms with E-state index in [0.717, 1.165) is 6.07 Å². The van der Waals surface area contributed by atoms with Gasteiger partial charge in [0.2, 0.25) is 10.0 Å². The first kappa shape index (κ1) is 13.1. The molecule has 0 bridgehead atoms. The molecule has 0 fully saturated rings. The number of nitrogens with two attached hydrogens (primary N) is 1. The van der Waals surface area contributed by atoms with Crippen LogP contribution in [0.2, 0.25) is 5.02 Å². The second kappa shape index (κ2) is 4.94. The van der Waals surface area contributed by atoms with Gasteiger partial charge in [-0.25, -0.2) is 13.6 Å². The lowest BCUT2D eigenvalue weighted by Gasteiger charge is -2.07. The number of alkyl halides is 2. The summed E-state index contributed by atoms with van der Waals surface area (Å²) in [6.45, 7) is -2.98. The van der Waals surface area contributed by atoms with E-state index in [1.807, 2.05) is 0 Å². The predicted molar refractivity (Wildman–Crippen MR) is 54.9 cm³/mol. The average Bonchev–Trinajstić information content (AvgIpc) is 2.06. The van der Waals surface area contributed by atoms with Gasteiger partial charge in [-0.15, -0.1) is 0 Å². The summed E-state index contributed by atoms with van der Waals surface area (Å²) in [6, 6.07) is 3.67. The van der Waals surface area contributed by atoms with E-state index in [0.29, 0.717) is 5.56 Å². The Hall–Kier alpha value is -0.920. The Kier molecular flexibility index (Phi) is 4.06. The molecule has 0 radical (unpaired) electrons. The zero-order chi connectivity index (χ0) is 12.3. The first-order valence-corrected chi connectivity index (χ1v) is 6.11. The van der Waals surface area contributed by atoms with Crippen LogP contribution in [0.4, 0.5) is 8.78 Å². The zero-order valence-corrected chi connectivity index (χ0v) is 9.43. The van der Waals surface area contributed by atoms with Gasteiger partial charge < -0.3 is 4.74 Å². The summed E-state index contributed by atoms with van der Waals surface area (Å²) in [5.74, 6) is -0.628. The SMILES string of the molecule is NS(=O)(=O)Cc1ccc(OC(F)F)c(Cl)c1. The standard InChI is InChI=1S/C8H8ClF2NO3S/c9-6-3-5(4-16(12,13)14)1-2-7(6)15-8(10)11/h1-3,8H,4H2,(H2,12,13,14). The molecule has 90 valence electrons. The normalized spacial score (nSPS) is 11.8. The Balaban J connectivity index is 2.91. The number of halogens is 3. The molecule has 0 saturated heterocycles. The Morgan fingerprint density at radius 1 is 1.44 bits per heavy atom. The molecule has 0 heterocycles. The van der Waals surface area contributed by atoms with Gasteiger partial charge in [0.1, 0.15) is 5.75 Å². The van der Waals surface area contributed by atoms with E-state index < -0.39 is 22.4 Å². The lowest BCUT2D eigenvalue weighted by molar-refractivity contribution is -0.0497. The van der Waals surface area contributed by atoms with Crippen molar-refractivity contribution in [3.05, 3.63) is 28.8 Å². The number of ether oxygens (including phenoxy) is 1. The van der Waals surface area contributed by atoms with Gasteiger partial charge in [0.25, 0.3) is 0 Å². The van der Waals surface area contributed by atoms with E-state index in [9.17, 15) is 17.2 Å². The fraction of sp³-hybridized carbons (Fsp3) is 0.250. The lowest BCUT2D eigenvalue weighted by atomic mass is 10.2. The van der Waals surface area contributed by atoms with Gasteiger partial charge in [0, 0.05) is 0 Å². The van der Waals surface area contributed by atoms with Gasteiger partial charge in [-0.1, -0.05) is 17.7 Å². The molecule has 0 amide bonds. The first-order chi connectivity index (χ1) is 7.28. The highest BCUT2D eigenvalue weighted by Gasteiger charge is 2.11. The maximum atomic E-state index is 11.9. The summed E-state index contributed by atoms with van der Waals surface area (Å²) in [4.78, 5) is 0. The van der Waals surface area contributed by atoms with Crippen LogP contribution in [0.25, 0.3) is 0 Å². The van der Waals surface area contributed by atoms with Gasteiger partial charge in [-0.05, 0) is 17.7 Å². The molecular weight excluding hydrogens is 264 g/mol. The van der Waals surface area contributed by atoms with Gasteiger partial charge in [-0.2, -0.15) is 8.78 Å². The van der Waals surface area contributed by atoms with Crippen LogP contribution >= 0.6 is 11.6 Å². The summed E-state index contributed by atoms with van der Waals surface area (Å²) in [6.07, 6.45) is 0. The van der Waals surface area contributed by atoms with E-state index in [-0.39, 0.29) is 10.8 Å². The van der Waals surface area contributed by atoms with E-state index in [4.69, 9.17) is 16.7 Å². The molecule has 0 aliphatic heterocycles. The van der Waals surface area contributed by atoms with E-state index >= 15 is 0 Å². The molecule has 8 heteroatoms. The molecule has 0 saturated carbocycles. The third-order valence-electron chi connectivity index (χ3n) is 1.58. The van der Waals surface area contributed by atoms with Crippen molar-refractivity contribution in [2.45, 2.75) is 12.4 Å². The molecule has 0 aliphatic carbocycles. The maximum Gasteiger partial charge on any atom is 0.387 e. The monoisotopic (exact) mass is 271 g/mol. The molecule has 16 heavy (non-hydrogen) atoms. The Labute approximate surface area is 96.0 Å². The second-order valence-electron chi connectivity index (χ2n) is 2.95. The highest BCUT2D eigenvalue weighted by Crippen LogP contribution is 2.27. The van der Waals surface area contributed by atoms with Crippen LogP contribution in [0.3, 0.4) is 0 Å². The fourth-order valence-electron chi connectivity index (χ4n) is 1.06. The highest BCUT2D eigenvalue weighted by molar-refractivity contribution is 7.88. The van der Waals surface area contributed by atoms with Crippen LogP contribution in [0.5, 0.6) is 5.75 Å². The topological polar surface area (TPSA) is 69.4 Å². The molecule has 1 rings (SSSR count). The molecule has 1 aromatic rings. The van der Waals surface area contributed by atoms with Crippen molar-refractivity contribution in [2.24, 2.45) is 5.14 Å². The van der Waals surface area contributed by atoms with Crippen LogP contribution in [0.15, 0.2) is 18.2 Å². The molecule has 4 nitrogen and oxygen atoms in total. The molecule has 0 atom stereocenters. The van der Waals surface area contributed by atoms with Crippen LogP contribution in [-0.2, 0) is 15.8 Å². The van der Waals surface area contributed by atoms with Crippen molar-refractivity contribution in [3.8, 4) is 5.75 Å². The molecule has 0 aromatic heterocycles. The van der Waals surface area contributed by atoms with E-state index in [1.165, 1.54) is 12.1 Å². The van der Waals surface area contributed by atoms with Crippen molar-refractivity contribution in [1.82, 2.24) is 0 Å². The first-order valence-electron chi connectivity index (χ1n) is 4.01. The minimum absolute atomic E-state index is 0.0959. The summed E-state index contributed by atoms with van der Waals surface area (Å²) in [7, 11) is -3.68. The third kappa shape index (κ3) is 4.30. The molecule has 2 N–H and O–H groups in total. The number of hydrogen-bond donors (Lipinski definition) is 1. The Morgan fingerprint density at radius 2 is 2.06 bits per heavy atom. The number of rotatable bonds is 4. The van der Waals surface area contributed by atoms with Crippen LogP contribution in [0, 0.1) is 0 Å². The minimum atomic E-state index is -3.68. The van der Waals surface area contributed by atoms with Crippen LogP contribution < -0.4 is 9.88 Å². The molecule has 1 aromatic carbocycles. The molecular formula is C8H8ClF2NO3S. The van der Waals surface area contributed by atoms with E-state index in [1.54, 1.807) is 0 Å². The van der Waals surface area contributed by atoms with Crippen molar-refractivity contribution >= 4 is 21.6 Å². The largest absolute Gasteiger partial charge is 0.433 e. The number of hydrogen-bond acceptors (Lipinski definition) is 3. The van der Waals surface area contributed by atoms with Crippen molar-refractivity contribution in [3.63, 3.8) is 0 Å². The number of primary sulfonamides is 1. The van der Waals surface area contributed by atoms with Crippen molar-refractivity contribution in [1.29, 1.82) is 0 Å². The summed E-state index contributed by atoms with van der Waals surface area (Å²) < 4.78 is 49.4. The van der Waals surface area contributed by atoms with Gasteiger partial charge in [0.15, 0.2) is 0 Å². The summed E-state index contributed by atoms with van der Waals surface area (Å²) in [5, 5.41) is 4.72. The highest BCUT2D eigenvalue weighted by atomic mass is 35.5. The average molecular weight is 272 g/mol. The van der Waals surface area contributed by atoms with Crippen molar-refractivity contribution in [2.75, 3.05) is 0 Å². The molecule has 0 aliphatic rings. The minimum Gasteiger partial charge on any atom is -0.433 e. The fourth-order valence-corrected chi connectivity index (χ4v) is 1.95. The smallest absolute Gasteiger partial charge is 0.387 e. The second-order valence-corrected chi connectivity index (χ2v) is 4.97. The maximum absolute atomic E-state index is 11.9. The van der Waals surface area contributed by atoms with Gasteiger partial charge in [-0.3, -0.25) is 0 Å². The van der Waals surface area contributed by atoms with Crippen molar-refractivity contribution < 1.29 is 21.9 Å². The van der Waals surface area contributed by atoms with E-state index in [2.05, 4.69) is 4.74 Å². The Bertz CT molecular complexity index is 478. The van der Waals surface area contributed by atoms with Crippen LogP contribution in [0.1, 0.15) is 5.56 Å². The lowest BCUT2D eigenvalue weighted by Crippen LogP contribution is -2.14. The zero-order valence-electron chi connectivity index (χ0n) is 7.86. The Morgan fingerprint density at radius 3 is 2.50 bits per heavy atom. The number of sulfonamides is 1. The molecule has 0 unspecified atom stereocenters. The number of benzene rings is 1. The molecule has 0 spiro atoms. The predicted octanol–water partition coefficient (Wildman–Crippen LogP) is 1.73. The summed E-state index contributed by atoms with van der Waals surface area (Å²) in [5.41, 5.74) is 0.300. The quantitative estimate of drug-likeness (QED) is 0.907. The third-order valence-corrected chi connectivity index (χ3v) is 2.61. The van der Waals surface area contributed by atoms with Crippen LogP contribution in [-0.4, -0.2) is 15.0 Å².